The van der Waals surface area contributed by atoms with Gasteiger partial charge in [0.1, 0.15) is 0 Å². The molecule has 0 aromatic rings. The first kappa shape index (κ1) is 21.2. The van der Waals surface area contributed by atoms with E-state index >= 15 is 0 Å². The molecule has 0 aromatic carbocycles. The van der Waals surface area contributed by atoms with Crippen LogP contribution in [0.4, 0.5) is 0 Å². The maximum Gasteiger partial charge on any atom is 0.328 e. The predicted molar refractivity (Wildman–Crippen MR) is 96.1 cm³/mol. The van der Waals surface area contributed by atoms with Crippen molar-refractivity contribution in [1.82, 2.24) is 0 Å². The van der Waals surface area contributed by atoms with Crippen molar-refractivity contribution in [2.75, 3.05) is 0 Å². The third-order valence-corrected chi connectivity index (χ3v) is 4.51. The monoisotopic (exact) mass is 310 g/mol. The maximum absolute atomic E-state index is 10.5. The van der Waals surface area contributed by atoms with Gasteiger partial charge in [-0.25, -0.2) is 4.79 Å². The molecule has 0 saturated carbocycles. The summed E-state index contributed by atoms with van der Waals surface area (Å²) in [6.07, 6.45) is 12.7. The van der Waals surface area contributed by atoms with Crippen molar-refractivity contribution >= 4 is 5.97 Å². The highest BCUT2D eigenvalue weighted by Gasteiger charge is 2.06. The van der Waals surface area contributed by atoms with E-state index < -0.39 is 5.97 Å². The van der Waals surface area contributed by atoms with Gasteiger partial charge < -0.3 is 5.11 Å². The van der Waals surface area contributed by atoms with Crippen molar-refractivity contribution in [3.05, 3.63) is 11.6 Å². The van der Waals surface area contributed by atoms with Gasteiger partial charge in [-0.2, -0.15) is 0 Å². The fourth-order valence-corrected chi connectivity index (χ4v) is 2.99. The van der Waals surface area contributed by atoms with E-state index in [0.717, 1.165) is 36.2 Å². The molecule has 1 N–H and O–H groups in total. The summed E-state index contributed by atoms with van der Waals surface area (Å²) < 4.78 is 0. The van der Waals surface area contributed by atoms with E-state index in [-0.39, 0.29) is 0 Å². The average molecular weight is 311 g/mol. The van der Waals surface area contributed by atoms with Gasteiger partial charge in [0.25, 0.3) is 0 Å². The maximum atomic E-state index is 10.5. The number of carboxylic acid groups (broad SMARTS) is 1. The Morgan fingerprint density at radius 3 is 1.77 bits per heavy atom. The van der Waals surface area contributed by atoms with Gasteiger partial charge >= 0.3 is 5.97 Å². The molecule has 2 unspecified atom stereocenters. The molecule has 2 nitrogen and oxygen atoms in total. The summed E-state index contributed by atoms with van der Waals surface area (Å²) in [4.78, 5) is 10.5. The predicted octanol–water partition coefficient (Wildman–Crippen LogP) is 6.46. The van der Waals surface area contributed by atoms with Crippen LogP contribution in [0.5, 0.6) is 0 Å². The minimum atomic E-state index is -0.822. The van der Waals surface area contributed by atoms with Gasteiger partial charge in [0, 0.05) is 6.08 Å². The molecule has 0 rings (SSSR count). The highest BCUT2D eigenvalue weighted by Crippen LogP contribution is 2.21. The van der Waals surface area contributed by atoms with Gasteiger partial charge in [0.15, 0.2) is 0 Å². The molecule has 0 amide bonds. The number of carboxylic acids is 1. The molecule has 0 spiro atoms. The molecule has 0 heterocycles. The Morgan fingerprint density at radius 1 is 0.864 bits per heavy atom. The molecular formula is C20H38O2. The fraction of sp³-hybridized carbons (Fsp3) is 0.850. The number of rotatable bonds is 13. The molecule has 2 atom stereocenters. The van der Waals surface area contributed by atoms with Crippen molar-refractivity contribution in [2.24, 2.45) is 17.8 Å². The highest BCUT2D eigenvalue weighted by atomic mass is 16.4. The lowest BCUT2D eigenvalue weighted by Crippen LogP contribution is -2.00. The lowest BCUT2D eigenvalue weighted by molar-refractivity contribution is -0.131. The number of carbonyl (C=O) groups is 1. The first-order chi connectivity index (χ1) is 10.3. The summed E-state index contributed by atoms with van der Waals surface area (Å²) in [5, 5.41) is 8.68. The molecule has 0 aliphatic heterocycles. The summed E-state index contributed by atoms with van der Waals surface area (Å²) in [5.74, 6) is 1.65. The van der Waals surface area contributed by atoms with E-state index in [1.165, 1.54) is 51.0 Å². The molecule has 2 heteroatoms. The molecule has 22 heavy (non-hydrogen) atoms. The van der Waals surface area contributed by atoms with Crippen molar-refractivity contribution in [3.8, 4) is 0 Å². The highest BCUT2D eigenvalue weighted by molar-refractivity contribution is 5.80. The van der Waals surface area contributed by atoms with E-state index in [4.69, 9.17) is 5.11 Å². The first-order valence-corrected chi connectivity index (χ1v) is 9.21. The van der Waals surface area contributed by atoms with Crippen LogP contribution in [0.15, 0.2) is 11.6 Å². The van der Waals surface area contributed by atoms with Gasteiger partial charge in [0.05, 0.1) is 0 Å². The summed E-state index contributed by atoms with van der Waals surface area (Å²) in [6, 6.07) is 0. The van der Waals surface area contributed by atoms with Crippen LogP contribution < -0.4 is 0 Å². The Balaban J connectivity index is 3.60. The second kappa shape index (κ2) is 12.7. The Bertz CT molecular complexity index is 318. The molecular weight excluding hydrogens is 272 g/mol. The van der Waals surface area contributed by atoms with Gasteiger partial charge in [-0.1, -0.05) is 78.2 Å². The number of aliphatic carboxylic acids is 1. The van der Waals surface area contributed by atoms with Crippen LogP contribution >= 0.6 is 0 Å². The van der Waals surface area contributed by atoms with Crippen LogP contribution in [-0.4, -0.2) is 11.1 Å². The average Bonchev–Trinajstić information content (AvgIpc) is 2.37. The zero-order chi connectivity index (χ0) is 17.0. The van der Waals surface area contributed by atoms with Crippen LogP contribution in [0.25, 0.3) is 0 Å². The molecule has 0 saturated heterocycles. The molecule has 0 aliphatic rings. The summed E-state index contributed by atoms with van der Waals surface area (Å²) >= 11 is 0. The van der Waals surface area contributed by atoms with Crippen molar-refractivity contribution < 1.29 is 9.90 Å². The Labute approximate surface area is 138 Å². The van der Waals surface area contributed by atoms with Crippen molar-refractivity contribution in [3.63, 3.8) is 0 Å². The minimum absolute atomic E-state index is 0.764. The minimum Gasteiger partial charge on any atom is -0.478 e. The zero-order valence-corrected chi connectivity index (χ0v) is 15.5. The number of hydrogen-bond acceptors (Lipinski definition) is 1. The zero-order valence-electron chi connectivity index (χ0n) is 15.5. The van der Waals surface area contributed by atoms with E-state index in [9.17, 15) is 4.79 Å². The lowest BCUT2D eigenvalue weighted by Gasteiger charge is -2.15. The van der Waals surface area contributed by atoms with Gasteiger partial charge in [0.2, 0.25) is 0 Å². The van der Waals surface area contributed by atoms with E-state index in [0.29, 0.717) is 0 Å². The van der Waals surface area contributed by atoms with Crippen molar-refractivity contribution in [2.45, 2.75) is 92.4 Å². The molecule has 0 fully saturated rings. The SMILES string of the molecule is C/C(=C\C(=O)O)CCCC(C)CCCC(C)CCCC(C)C. The summed E-state index contributed by atoms with van der Waals surface area (Å²) in [6.45, 7) is 11.3. The van der Waals surface area contributed by atoms with Crippen LogP contribution in [0, 0.1) is 17.8 Å². The second-order valence-electron chi connectivity index (χ2n) is 7.69. The van der Waals surface area contributed by atoms with Gasteiger partial charge in [-0.15, -0.1) is 0 Å². The van der Waals surface area contributed by atoms with Crippen LogP contribution in [0.2, 0.25) is 0 Å². The molecule has 130 valence electrons. The summed E-state index contributed by atoms with van der Waals surface area (Å²) in [5.41, 5.74) is 0.985. The van der Waals surface area contributed by atoms with Crippen LogP contribution in [-0.2, 0) is 4.79 Å². The molecule has 0 radical (unpaired) electrons. The number of allylic oxidation sites excluding steroid dienone is 1. The Morgan fingerprint density at radius 2 is 1.32 bits per heavy atom. The fourth-order valence-electron chi connectivity index (χ4n) is 2.99. The molecule has 0 aromatic heterocycles. The Kier molecular flexibility index (Phi) is 12.3. The smallest absolute Gasteiger partial charge is 0.328 e. The van der Waals surface area contributed by atoms with E-state index in [2.05, 4.69) is 27.7 Å². The molecule has 0 bridgehead atoms. The third-order valence-electron chi connectivity index (χ3n) is 4.51. The van der Waals surface area contributed by atoms with Gasteiger partial charge in [-0.3, -0.25) is 0 Å². The van der Waals surface area contributed by atoms with Crippen LogP contribution in [0.1, 0.15) is 92.4 Å². The first-order valence-electron chi connectivity index (χ1n) is 9.21. The Hall–Kier alpha value is -0.790. The van der Waals surface area contributed by atoms with Gasteiger partial charge in [-0.05, 0) is 37.5 Å². The largest absolute Gasteiger partial charge is 0.478 e. The third kappa shape index (κ3) is 14.2. The summed E-state index contributed by atoms with van der Waals surface area (Å²) in [7, 11) is 0. The van der Waals surface area contributed by atoms with Crippen LogP contribution in [0.3, 0.4) is 0 Å². The topological polar surface area (TPSA) is 37.3 Å². The normalized spacial score (nSPS) is 15.1. The van der Waals surface area contributed by atoms with Crippen molar-refractivity contribution in [1.29, 1.82) is 0 Å². The quantitative estimate of drug-likeness (QED) is 0.396. The molecule has 0 aliphatic carbocycles. The second-order valence-corrected chi connectivity index (χ2v) is 7.69. The lowest BCUT2D eigenvalue weighted by atomic mass is 9.91. The van der Waals surface area contributed by atoms with E-state index in [1.807, 2.05) is 6.92 Å². The van der Waals surface area contributed by atoms with E-state index in [1.54, 1.807) is 0 Å². The standard InChI is InChI=1S/C20H38O2/c1-16(2)9-6-10-17(3)11-7-12-18(4)13-8-14-19(5)15-20(21)22/h15-18H,6-14H2,1-5H3,(H,21,22)/b19-15+. The number of hydrogen-bond donors (Lipinski definition) is 1.